The Labute approximate surface area is 184 Å². The van der Waals surface area contributed by atoms with Crippen molar-refractivity contribution in [2.24, 2.45) is 0 Å². The molecule has 0 aromatic carbocycles. The molecule has 1 heterocycles. The third kappa shape index (κ3) is 13.1. The van der Waals surface area contributed by atoms with Crippen LogP contribution in [-0.2, 0) is 9.47 Å². The predicted octanol–water partition coefficient (Wildman–Crippen LogP) is 4.91. The fourth-order valence-corrected chi connectivity index (χ4v) is 3.98. The molecule has 1 aliphatic rings. The third-order valence-corrected chi connectivity index (χ3v) is 5.97. The zero-order valence-corrected chi connectivity index (χ0v) is 19.4. The van der Waals surface area contributed by atoms with E-state index in [-0.39, 0.29) is 6.61 Å². The molecule has 0 aromatic rings. The summed E-state index contributed by atoms with van der Waals surface area (Å²) in [5, 5.41) is 28.6. The van der Waals surface area contributed by atoms with Crippen molar-refractivity contribution >= 4 is 0 Å². The van der Waals surface area contributed by atoms with Gasteiger partial charge in [0.25, 0.3) is 0 Å². The number of hydrogen-bond donors (Lipinski definition) is 3. The van der Waals surface area contributed by atoms with E-state index in [1.54, 1.807) is 0 Å². The van der Waals surface area contributed by atoms with Crippen LogP contribution >= 0.6 is 0 Å². The summed E-state index contributed by atoms with van der Waals surface area (Å²) in [5.41, 5.74) is 0. The van der Waals surface area contributed by atoms with E-state index < -0.39 is 31.0 Å². The molecule has 0 bridgehead atoms. The van der Waals surface area contributed by atoms with Gasteiger partial charge in [-0.15, -0.1) is 0 Å². The van der Waals surface area contributed by atoms with Crippen molar-refractivity contribution in [3.8, 4) is 0 Å². The van der Waals surface area contributed by atoms with Crippen molar-refractivity contribution in [1.82, 2.24) is 0 Å². The molecule has 0 amide bonds. The van der Waals surface area contributed by atoms with Gasteiger partial charge in [0.05, 0.1) is 13.2 Å². The monoisotopic (exact) mass is 428 g/mol. The van der Waals surface area contributed by atoms with E-state index in [2.05, 4.69) is 19.1 Å². The van der Waals surface area contributed by atoms with E-state index in [1.807, 2.05) is 0 Å². The molecule has 0 saturated carbocycles. The summed E-state index contributed by atoms with van der Waals surface area (Å²) < 4.78 is 11.0. The van der Waals surface area contributed by atoms with Gasteiger partial charge in [-0.25, -0.2) is 0 Å². The minimum atomic E-state index is -1.06. The molecule has 0 unspecified atom stereocenters. The van der Waals surface area contributed by atoms with Gasteiger partial charge in [-0.05, 0) is 25.7 Å². The quantitative estimate of drug-likeness (QED) is 0.190. The topological polar surface area (TPSA) is 79.2 Å². The van der Waals surface area contributed by atoms with E-state index >= 15 is 0 Å². The minimum absolute atomic E-state index is 0.262. The minimum Gasteiger partial charge on any atom is -0.394 e. The Morgan fingerprint density at radius 2 is 1.40 bits per heavy atom. The fraction of sp³-hybridized carbons (Fsp3) is 0.920. The molecule has 1 fully saturated rings. The molecule has 4 atom stereocenters. The first-order valence-electron chi connectivity index (χ1n) is 12.6. The number of hydrogen-bond acceptors (Lipinski definition) is 5. The summed E-state index contributed by atoms with van der Waals surface area (Å²) in [6, 6.07) is 0. The fourth-order valence-electron chi connectivity index (χ4n) is 3.98. The molecule has 178 valence electrons. The van der Waals surface area contributed by atoms with Gasteiger partial charge in [-0.3, -0.25) is 0 Å². The number of unbranched alkanes of at least 4 members (excludes halogenated alkanes) is 13. The SMILES string of the molecule is CCCCCCCCCCCCCC/C=C/CCCO[C@@H]1CO[C@@H]([C@@H](O)CO)[C@H]1O. The lowest BCUT2D eigenvalue weighted by Gasteiger charge is -2.20. The van der Waals surface area contributed by atoms with Gasteiger partial charge in [0.1, 0.15) is 24.4 Å². The molecule has 1 rings (SSSR count). The van der Waals surface area contributed by atoms with Crippen LogP contribution in [0.4, 0.5) is 0 Å². The predicted molar refractivity (Wildman–Crippen MR) is 123 cm³/mol. The van der Waals surface area contributed by atoms with E-state index in [9.17, 15) is 10.2 Å². The summed E-state index contributed by atoms with van der Waals surface area (Å²) in [6.07, 6.45) is 21.1. The molecule has 5 nitrogen and oxygen atoms in total. The van der Waals surface area contributed by atoms with Crippen LogP contribution < -0.4 is 0 Å². The standard InChI is InChI=1S/C25H48O5/c1-2-3-4-5-6-7-8-9-10-11-12-13-14-15-16-17-18-19-29-23-21-30-25(24(23)28)22(27)20-26/h15-16,22-28H,2-14,17-21H2,1H3/b16-15+/t22-,23+,24-,25-/m0/s1. The molecule has 0 spiro atoms. The van der Waals surface area contributed by atoms with Crippen LogP contribution in [0.2, 0.25) is 0 Å². The molecular formula is C25H48O5. The van der Waals surface area contributed by atoms with Crippen LogP contribution in [0.15, 0.2) is 12.2 Å². The summed E-state index contributed by atoms with van der Waals surface area (Å²) in [5.74, 6) is 0. The van der Waals surface area contributed by atoms with E-state index in [4.69, 9.17) is 14.6 Å². The molecule has 1 saturated heterocycles. The second kappa shape index (κ2) is 19.2. The third-order valence-electron chi connectivity index (χ3n) is 5.97. The second-order valence-electron chi connectivity index (χ2n) is 8.74. The molecule has 5 heteroatoms. The Kier molecular flexibility index (Phi) is 17.7. The second-order valence-corrected chi connectivity index (χ2v) is 8.74. The van der Waals surface area contributed by atoms with Crippen LogP contribution in [0.25, 0.3) is 0 Å². The average molecular weight is 429 g/mol. The van der Waals surface area contributed by atoms with Gasteiger partial charge in [0, 0.05) is 6.61 Å². The van der Waals surface area contributed by atoms with E-state index in [0.29, 0.717) is 6.61 Å². The van der Waals surface area contributed by atoms with Gasteiger partial charge in [-0.1, -0.05) is 89.7 Å². The van der Waals surface area contributed by atoms with Crippen molar-refractivity contribution in [2.75, 3.05) is 19.8 Å². The van der Waals surface area contributed by atoms with Gasteiger partial charge < -0.3 is 24.8 Å². The summed E-state index contributed by atoms with van der Waals surface area (Å²) >= 11 is 0. The maximum absolute atomic E-state index is 10.1. The first kappa shape index (κ1) is 27.6. The maximum atomic E-state index is 10.1. The van der Waals surface area contributed by atoms with Crippen LogP contribution in [0.1, 0.15) is 103 Å². The first-order chi connectivity index (χ1) is 14.7. The van der Waals surface area contributed by atoms with E-state index in [1.165, 1.54) is 77.0 Å². The van der Waals surface area contributed by atoms with Crippen molar-refractivity contribution in [1.29, 1.82) is 0 Å². The normalized spacial score (nSPS) is 22.9. The van der Waals surface area contributed by atoms with Crippen LogP contribution in [0, 0.1) is 0 Å². The van der Waals surface area contributed by atoms with Gasteiger partial charge in [0.2, 0.25) is 0 Å². The molecule has 0 aliphatic carbocycles. The molecule has 0 radical (unpaired) electrons. The molecule has 0 aromatic heterocycles. The Balaban J connectivity index is 1.83. The van der Waals surface area contributed by atoms with Crippen LogP contribution in [0.3, 0.4) is 0 Å². The molecule has 1 aliphatic heterocycles. The van der Waals surface area contributed by atoms with Crippen LogP contribution in [0.5, 0.6) is 0 Å². The lowest BCUT2D eigenvalue weighted by molar-refractivity contribution is -0.0729. The largest absolute Gasteiger partial charge is 0.394 e. The van der Waals surface area contributed by atoms with Gasteiger partial charge in [-0.2, -0.15) is 0 Å². The number of aliphatic hydroxyl groups is 3. The number of rotatable bonds is 20. The lowest BCUT2D eigenvalue weighted by Crippen LogP contribution is -2.41. The Morgan fingerprint density at radius 3 is 1.97 bits per heavy atom. The lowest BCUT2D eigenvalue weighted by atomic mass is 10.0. The highest BCUT2D eigenvalue weighted by Crippen LogP contribution is 2.20. The highest BCUT2D eigenvalue weighted by molar-refractivity contribution is 4.89. The number of aliphatic hydroxyl groups excluding tert-OH is 3. The van der Waals surface area contributed by atoms with Crippen molar-refractivity contribution in [3.05, 3.63) is 12.2 Å². The average Bonchev–Trinajstić information content (AvgIpc) is 3.12. The Hall–Kier alpha value is -0.460. The van der Waals surface area contributed by atoms with Gasteiger partial charge in [0.15, 0.2) is 0 Å². The highest BCUT2D eigenvalue weighted by atomic mass is 16.6. The van der Waals surface area contributed by atoms with E-state index in [0.717, 1.165) is 19.3 Å². The zero-order valence-electron chi connectivity index (χ0n) is 19.4. The zero-order chi connectivity index (χ0) is 21.9. The van der Waals surface area contributed by atoms with Crippen molar-refractivity contribution in [3.63, 3.8) is 0 Å². The Bertz CT molecular complexity index is 401. The maximum Gasteiger partial charge on any atom is 0.114 e. The van der Waals surface area contributed by atoms with Crippen molar-refractivity contribution < 1.29 is 24.8 Å². The summed E-state index contributed by atoms with van der Waals surface area (Å²) in [6.45, 7) is 2.68. The Morgan fingerprint density at radius 1 is 0.867 bits per heavy atom. The van der Waals surface area contributed by atoms with Gasteiger partial charge >= 0.3 is 0 Å². The number of ether oxygens (including phenoxy) is 2. The molecule has 30 heavy (non-hydrogen) atoms. The van der Waals surface area contributed by atoms with Crippen LogP contribution in [-0.4, -0.2) is 59.6 Å². The van der Waals surface area contributed by atoms with Crippen molar-refractivity contribution in [2.45, 2.75) is 128 Å². The smallest absolute Gasteiger partial charge is 0.114 e. The molecule has 3 N–H and O–H groups in total. The number of allylic oxidation sites excluding steroid dienone is 2. The summed E-state index contributed by atoms with van der Waals surface area (Å²) in [7, 11) is 0. The first-order valence-corrected chi connectivity index (χ1v) is 12.6. The highest BCUT2D eigenvalue weighted by Gasteiger charge is 2.40. The summed E-state index contributed by atoms with van der Waals surface area (Å²) in [4.78, 5) is 0. The molecular weight excluding hydrogens is 380 g/mol.